The summed E-state index contributed by atoms with van der Waals surface area (Å²) in [6, 6.07) is 12.0. The number of hydrogen-bond acceptors (Lipinski definition) is 3. The van der Waals surface area contributed by atoms with E-state index >= 15 is 0 Å². The highest BCUT2D eigenvalue weighted by Crippen LogP contribution is 2.30. The lowest BCUT2D eigenvalue weighted by atomic mass is 10.0. The molecule has 1 N–H and O–H groups in total. The molecule has 132 valence electrons. The Morgan fingerprint density at radius 3 is 2.64 bits per heavy atom. The van der Waals surface area contributed by atoms with Gasteiger partial charge >= 0.3 is 0 Å². The van der Waals surface area contributed by atoms with Gasteiger partial charge in [-0.15, -0.1) is 0 Å². The molecule has 5 heteroatoms. The van der Waals surface area contributed by atoms with Crippen LogP contribution in [0.3, 0.4) is 0 Å². The van der Waals surface area contributed by atoms with Gasteiger partial charge in [0.2, 0.25) is 5.91 Å². The van der Waals surface area contributed by atoms with Crippen molar-refractivity contribution in [2.45, 2.75) is 20.3 Å². The van der Waals surface area contributed by atoms with Crippen LogP contribution in [0.25, 0.3) is 0 Å². The molecule has 1 saturated heterocycles. The van der Waals surface area contributed by atoms with Gasteiger partial charge in [-0.2, -0.15) is 11.8 Å². The minimum Gasteiger partial charge on any atom is -0.369 e. The summed E-state index contributed by atoms with van der Waals surface area (Å²) in [4.78, 5) is 14.7. The average Bonchev–Trinajstić information content (AvgIpc) is 2.59. The molecule has 0 radical (unpaired) electrons. The first-order valence-electron chi connectivity index (χ1n) is 8.51. The largest absolute Gasteiger partial charge is 0.369 e. The van der Waals surface area contributed by atoms with E-state index in [-0.39, 0.29) is 5.91 Å². The van der Waals surface area contributed by atoms with Crippen LogP contribution in [0.5, 0.6) is 0 Å². The van der Waals surface area contributed by atoms with Gasteiger partial charge in [0.15, 0.2) is 0 Å². The molecule has 0 aromatic heterocycles. The van der Waals surface area contributed by atoms with Crippen molar-refractivity contribution in [2.24, 2.45) is 0 Å². The van der Waals surface area contributed by atoms with Crippen molar-refractivity contribution in [3.05, 3.63) is 58.1 Å². The van der Waals surface area contributed by atoms with Crippen molar-refractivity contribution in [2.75, 3.05) is 34.8 Å². The number of rotatable bonds is 4. The Morgan fingerprint density at radius 2 is 1.92 bits per heavy atom. The number of carbonyl (C=O) groups excluding carboxylic acids is 1. The van der Waals surface area contributed by atoms with E-state index in [0.29, 0.717) is 11.4 Å². The quantitative estimate of drug-likeness (QED) is 0.842. The Morgan fingerprint density at radius 1 is 1.16 bits per heavy atom. The third-order valence-electron chi connectivity index (χ3n) is 4.44. The number of aryl methyl sites for hydroxylation is 2. The van der Waals surface area contributed by atoms with Crippen LogP contribution in [0, 0.1) is 13.8 Å². The second-order valence-corrected chi connectivity index (χ2v) is 8.05. The molecule has 1 amide bonds. The van der Waals surface area contributed by atoms with E-state index in [0.717, 1.165) is 47.1 Å². The lowest BCUT2D eigenvalue weighted by Crippen LogP contribution is -2.32. The fraction of sp³-hybridized carbons (Fsp3) is 0.350. The van der Waals surface area contributed by atoms with Gasteiger partial charge in [-0.25, -0.2) is 0 Å². The van der Waals surface area contributed by atoms with Gasteiger partial charge in [0.25, 0.3) is 0 Å². The molecule has 2 aromatic rings. The van der Waals surface area contributed by atoms with Crippen molar-refractivity contribution in [1.29, 1.82) is 0 Å². The Kier molecular flexibility index (Phi) is 5.92. The topological polar surface area (TPSA) is 32.3 Å². The molecule has 0 aliphatic carbocycles. The van der Waals surface area contributed by atoms with Gasteiger partial charge < -0.3 is 10.2 Å². The monoisotopic (exact) mass is 374 g/mol. The molecule has 3 nitrogen and oxygen atoms in total. The number of carbonyl (C=O) groups is 1. The van der Waals surface area contributed by atoms with Gasteiger partial charge in [0.05, 0.1) is 17.1 Å². The maximum Gasteiger partial charge on any atom is 0.228 e. The minimum atomic E-state index is -0.0214. The van der Waals surface area contributed by atoms with Crippen LogP contribution in [0.2, 0.25) is 5.02 Å². The summed E-state index contributed by atoms with van der Waals surface area (Å²) in [7, 11) is 0. The van der Waals surface area contributed by atoms with Crippen LogP contribution >= 0.6 is 23.4 Å². The summed E-state index contributed by atoms with van der Waals surface area (Å²) in [5.74, 6) is 2.24. The Bertz CT molecular complexity index is 772. The van der Waals surface area contributed by atoms with E-state index in [9.17, 15) is 4.79 Å². The summed E-state index contributed by atoms with van der Waals surface area (Å²) in [6.07, 6.45) is 0.371. The summed E-state index contributed by atoms with van der Waals surface area (Å²) in [5.41, 5.74) is 5.16. The number of anilines is 2. The van der Waals surface area contributed by atoms with E-state index < -0.39 is 0 Å². The first kappa shape index (κ1) is 18.2. The normalized spacial score (nSPS) is 14.4. The molecule has 1 fully saturated rings. The minimum absolute atomic E-state index is 0.0214. The molecule has 2 aromatic carbocycles. The number of hydrogen-bond donors (Lipinski definition) is 1. The van der Waals surface area contributed by atoms with Crippen LogP contribution < -0.4 is 10.2 Å². The molecule has 0 unspecified atom stereocenters. The van der Waals surface area contributed by atoms with Crippen molar-refractivity contribution in [3.63, 3.8) is 0 Å². The molecule has 1 heterocycles. The predicted molar refractivity (Wildman–Crippen MR) is 109 cm³/mol. The predicted octanol–water partition coefficient (Wildman–Crippen LogP) is 4.69. The zero-order chi connectivity index (χ0) is 17.8. The molecule has 0 atom stereocenters. The number of thioether (sulfide) groups is 1. The summed E-state index contributed by atoms with van der Waals surface area (Å²) in [6.45, 7) is 6.11. The highest BCUT2D eigenvalue weighted by molar-refractivity contribution is 7.99. The average molecular weight is 375 g/mol. The molecular formula is C20H23ClN2OS. The number of amides is 1. The fourth-order valence-corrected chi connectivity index (χ4v) is 4.22. The van der Waals surface area contributed by atoms with Gasteiger partial charge in [-0.3, -0.25) is 4.79 Å². The zero-order valence-electron chi connectivity index (χ0n) is 14.6. The van der Waals surface area contributed by atoms with Crippen LogP contribution in [-0.2, 0) is 11.2 Å². The smallest absolute Gasteiger partial charge is 0.228 e. The van der Waals surface area contributed by atoms with Crippen LogP contribution in [-0.4, -0.2) is 30.5 Å². The van der Waals surface area contributed by atoms with Crippen LogP contribution in [0.15, 0.2) is 36.4 Å². The number of halogens is 1. The summed E-state index contributed by atoms with van der Waals surface area (Å²) < 4.78 is 0. The first-order valence-corrected chi connectivity index (χ1v) is 10.0. The van der Waals surface area contributed by atoms with Gasteiger partial charge in [0.1, 0.15) is 0 Å². The van der Waals surface area contributed by atoms with Crippen molar-refractivity contribution in [3.8, 4) is 0 Å². The zero-order valence-corrected chi connectivity index (χ0v) is 16.2. The first-order chi connectivity index (χ1) is 12.0. The lowest BCUT2D eigenvalue weighted by Gasteiger charge is -2.29. The van der Waals surface area contributed by atoms with E-state index in [1.807, 2.05) is 43.8 Å². The van der Waals surface area contributed by atoms with Gasteiger partial charge in [-0.05, 0) is 43.2 Å². The second kappa shape index (κ2) is 8.15. The third-order valence-corrected chi connectivity index (χ3v) is 5.68. The van der Waals surface area contributed by atoms with Gasteiger partial charge in [0, 0.05) is 30.3 Å². The van der Waals surface area contributed by atoms with Crippen molar-refractivity contribution >= 4 is 40.6 Å². The maximum atomic E-state index is 12.4. The van der Waals surface area contributed by atoms with E-state index in [1.165, 1.54) is 5.56 Å². The SMILES string of the molecule is Cc1ccc(C)c(CC(=O)Nc2ccc(N3CCSCC3)c(Cl)c2)c1. The van der Waals surface area contributed by atoms with E-state index in [1.54, 1.807) is 0 Å². The van der Waals surface area contributed by atoms with Crippen LogP contribution in [0.1, 0.15) is 16.7 Å². The summed E-state index contributed by atoms with van der Waals surface area (Å²) >= 11 is 8.42. The third kappa shape index (κ3) is 4.71. The highest BCUT2D eigenvalue weighted by atomic mass is 35.5. The Balaban J connectivity index is 1.67. The van der Waals surface area contributed by atoms with Crippen LogP contribution in [0.4, 0.5) is 11.4 Å². The molecule has 25 heavy (non-hydrogen) atoms. The maximum absolute atomic E-state index is 12.4. The molecule has 0 saturated carbocycles. The Hall–Kier alpha value is -1.65. The fourth-order valence-electron chi connectivity index (χ4n) is 3.01. The van der Waals surface area contributed by atoms with Crippen molar-refractivity contribution < 1.29 is 4.79 Å². The molecule has 1 aliphatic heterocycles. The van der Waals surface area contributed by atoms with Gasteiger partial charge in [-0.1, -0.05) is 35.4 Å². The number of nitrogens with one attached hydrogen (secondary N) is 1. The van der Waals surface area contributed by atoms with E-state index in [2.05, 4.69) is 28.4 Å². The molecule has 0 bridgehead atoms. The molecule has 1 aliphatic rings. The number of benzene rings is 2. The molecule has 0 spiro atoms. The Labute approximate surface area is 158 Å². The molecular weight excluding hydrogens is 352 g/mol. The standard InChI is InChI=1S/C20H23ClN2OS/c1-14-3-4-15(2)16(11-14)12-20(24)22-17-5-6-19(18(21)13-17)23-7-9-25-10-8-23/h3-6,11,13H,7-10,12H2,1-2H3,(H,22,24). The van der Waals surface area contributed by atoms with Crippen molar-refractivity contribution in [1.82, 2.24) is 0 Å². The summed E-state index contributed by atoms with van der Waals surface area (Å²) in [5, 5.41) is 3.65. The number of nitrogens with zero attached hydrogens (tertiary/aromatic N) is 1. The second-order valence-electron chi connectivity index (χ2n) is 6.42. The lowest BCUT2D eigenvalue weighted by molar-refractivity contribution is -0.115. The highest BCUT2D eigenvalue weighted by Gasteiger charge is 2.15. The van der Waals surface area contributed by atoms with E-state index in [4.69, 9.17) is 11.6 Å². The molecule has 3 rings (SSSR count).